The van der Waals surface area contributed by atoms with E-state index in [9.17, 15) is 9.50 Å². The molecule has 1 heterocycles. The van der Waals surface area contributed by atoms with Crippen molar-refractivity contribution in [2.45, 2.75) is 25.9 Å². The van der Waals surface area contributed by atoms with Gasteiger partial charge >= 0.3 is 0 Å². The minimum Gasteiger partial charge on any atom is -0.508 e. The number of halogens is 1. The smallest absolute Gasteiger partial charge is 0.123 e. The molecule has 0 amide bonds. The van der Waals surface area contributed by atoms with Gasteiger partial charge in [-0.15, -0.1) is 0 Å². The van der Waals surface area contributed by atoms with Gasteiger partial charge in [-0.05, 0) is 44.2 Å². The molecule has 1 aromatic carbocycles. The Hall–Kier alpha value is -1.88. The Bertz CT molecular complexity index is 513. The molecular weight excluding hydrogens is 245 g/mol. The fourth-order valence-electron chi connectivity index (χ4n) is 1.97. The van der Waals surface area contributed by atoms with Gasteiger partial charge in [-0.25, -0.2) is 4.39 Å². The molecule has 0 radical (unpaired) electrons. The van der Waals surface area contributed by atoms with Crippen LogP contribution in [0.25, 0.3) is 0 Å². The van der Waals surface area contributed by atoms with Crippen molar-refractivity contribution < 1.29 is 9.50 Å². The lowest BCUT2D eigenvalue weighted by Gasteiger charge is -2.15. The number of phenolic OH excluding ortho intramolecular Hbond substituents is 1. The van der Waals surface area contributed by atoms with Gasteiger partial charge in [0.05, 0.1) is 0 Å². The second-order valence-electron chi connectivity index (χ2n) is 4.50. The van der Waals surface area contributed by atoms with Crippen LogP contribution in [-0.4, -0.2) is 21.4 Å². The van der Waals surface area contributed by atoms with Gasteiger partial charge in [0.25, 0.3) is 0 Å². The summed E-state index contributed by atoms with van der Waals surface area (Å²) in [4.78, 5) is 0. The third kappa shape index (κ3) is 3.79. The SMILES string of the molecule is CC(NCCCn1cccn1)c1cc(F)ccc1O. The molecule has 1 aromatic heterocycles. The monoisotopic (exact) mass is 263 g/mol. The predicted octanol–water partition coefficient (Wildman–Crippen LogP) is 2.47. The molecule has 0 saturated heterocycles. The fraction of sp³-hybridized carbons (Fsp3) is 0.357. The van der Waals surface area contributed by atoms with Gasteiger partial charge in [-0.1, -0.05) is 0 Å². The third-order valence-corrected chi connectivity index (χ3v) is 3.03. The molecule has 19 heavy (non-hydrogen) atoms. The maximum absolute atomic E-state index is 13.1. The maximum Gasteiger partial charge on any atom is 0.123 e. The zero-order chi connectivity index (χ0) is 13.7. The lowest BCUT2D eigenvalue weighted by Crippen LogP contribution is -2.21. The van der Waals surface area contributed by atoms with Gasteiger partial charge in [-0.2, -0.15) is 5.10 Å². The first-order chi connectivity index (χ1) is 9.16. The predicted molar refractivity (Wildman–Crippen MR) is 71.3 cm³/mol. The van der Waals surface area contributed by atoms with Gasteiger partial charge in [0.2, 0.25) is 0 Å². The molecule has 0 spiro atoms. The number of aryl methyl sites for hydroxylation is 1. The first-order valence-corrected chi connectivity index (χ1v) is 6.36. The van der Waals surface area contributed by atoms with Crippen LogP contribution >= 0.6 is 0 Å². The average molecular weight is 263 g/mol. The number of aromatic hydroxyl groups is 1. The number of phenols is 1. The Morgan fingerprint density at radius 1 is 1.47 bits per heavy atom. The lowest BCUT2D eigenvalue weighted by atomic mass is 10.1. The van der Waals surface area contributed by atoms with E-state index in [1.807, 2.05) is 23.9 Å². The first-order valence-electron chi connectivity index (χ1n) is 6.36. The Kier molecular flexibility index (Phi) is 4.52. The van der Waals surface area contributed by atoms with Crippen molar-refractivity contribution >= 4 is 0 Å². The van der Waals surface area contributed by atoms with Gasteiger partial charge in [0.15, 0.2) is 0 Å². The van der Waals surface area contributed by atoms with Gasteiger partial charge in [0.1, 0.15) is 11.6 Å². The van der Waals surface area contributed by atoms with E-state index >= 15 is 0 Å². The summed E-state index contributed by atoms with van der Waals surface area (Å²) in [7, 11) is 0. The molecule has 1 atom stereocenters. The number of hydrogen-bond donors (Lipinski definition) is 2. The fourth-order valence-corrected chi connectivity index (χ4v) is 1.97. The maximum atomic E-state index is 13.1. The highest BCUT2D eigenvalue weighted by Gasteiger charge is 2.10. The molecule has 4 nitrogen and oxygen atoms in total. The van der Waals surface area contributed by atoms with E-state index in [0.29, 0.717) is 5.56 Å². The molecular formula is C14H18FN3O. The van der Waals surface area contributed by atoms with E-state index in [4.69, 9.17) is 0 Å². The Labute approximate surface area is 111 Å². The quantitative estimate of drug-likeness (QED) is 0.787. The van der Waals surface area contributed by atoms with Crippen molar-refractivity contribution in [2.75, 3.05) is 6.54 Å². The zero-order valence-corrected chi connectivity index (χ0v) is 10.9. The van der Waals surface area contributed by atoms with Crippen molar-refractivity contribution in [3.63, 3.8) is 0 Å². The molecule has 0 fully saturated rings. The number of rotatable bonds is 6. The van der Waals surface area contributed by atoms with Crippen LogP contribution in [-0.2, 0) is 6.54 Å². The van der Waals surface area contributed by atoms with Gasteiger partial charge in [-0.3, -0.25) is 4.68 Å². The van der Waals surface area contributed by atoms with Crippen LogP contribution in [0, 0.1) is 5.82 Å². The molecule has 0 saturated carbocycles. The van der Waals surface area contributed by atoms with Crippen molar-refractivity contribution in [1.29, 1.82) is 0 Å². The molecule has 0 aliphatic rings. The highest BCUT2D eigenvalue weighted by molar-refractivity contribution is 5.34. The van der Waals surface area contributed by atoms with Crippen LogP contribution < -0.4 is 5.32 Å². The minimum atomic E-state index is -0.335. The minimum absolute atomic E-state index is 0.0895. The Balaban J connectivity index is 1.80. The normalized spacial score (nSPS) is 12.5. The van der Waals surface area contributed by atoms with Crippen molar-refractivity contribution in [3.8, 4) is 5.75 Å². The van der Waals surface area contributed by atoms with Crippen molar-refractivity contribution in [3.05, 3.63) is 48.0 Å². The zero-order valence-electron chi connectivity index (χ0n) is 10.9. The second-order valence-corrected chi connectivity index (χ2v) is 4.50. The number of hydrogen-bond acceptors (Lipinski definition) is 3. The van der Waals surface area contributed by atoms with Crippen LogP contribution in [0.4, 0.5) is 4.39 Å². The highest BCUT2D eigenvalue weighted by Crippen LogP contribution is 2.24. The van der Waals surface area contributed by atoms with Gasteiger partial charge in [0, 0.05) is 30.5 Å². The van der Waals surface area contributed by atoms with E-state index in [-0.39, 0.29) is 17.6 Å². The summed E-state index contributed by atoms with van der Waals surface area (Å²) in [6.07, 6.45) is 4.59. The Morgan fingerprint density at radius 2 is 2.32 bits per heavy atom. The van der Waals surface area contributed by atoms with Crippen LogP contribution in [0.3, 0.4) is 0 Å². The Morgan fingerprint density at radius 3 is 3.05 bits per heavy atom. The molecule has 2 aromatic rings. The molecule has 1 unspecified atom stereocenters. The standard InChI is InChI=1S/C14H18FN3O/c1-11(13-10-12(15)4-5-14(13)19)16-6-2-8-18-9-3-7-17-18/h3-5,7,9-11,16,19H,2,6,8H2,1H3. The first kappa shape index (κ1) is 13.5. The molecule has 0 bridgehead atoms. The highest BCUT2D eigenvalue weighted by atomic mass is 19.1. The lowest BCUT2D eigenvalue weighted by molar-refractivity contribution is 0.444. The van der Waals surface area contributed by atoms with Crippen LogP contribution in [0.1, 0.15) is 24.9 Å². The summed E-state index contributed by atoms with van der Waals surface area (Å²) in [5, 5.41) is 17.1. The summed E-state index contributed by atoms with van der Waals surface area (Å²) >= 11 is 0. The summed E-state index contributed by atoms with van der Waals surface area (Å²) < 4.78 is 15.0. The molecule has 2 rings (SSSR count). The molecule has 2 N–H and O–H groups in total. The third-order valence-electron chi connectivity index (χ3n) is 3.03. The van der Waals surface area contributed by atoms with Gasteiger partial charge < -0.3 is 10.4 Å². The largest absolute Gasteiger partial charge is 0.508 e. The number of aromatic nitrogens is 2. The van der Waals surface area contributed by atoms with E-state index in [0.717, 1.165) is 19.5 Å². The summed E-state index contributed by atoms with van der Waals surface area (Å²) in [6, 6.07) is 5.80. The van der Waals surface area contributed by atoms with Crippen molar-refractivity contribution in [1.82, 2.24) is 15.1 Å². The summed E-state index contributed by atoms with van der Waals surface area (Å²) in [6.45, 7) is 3.52. The summed E-state index contributed by atoms with van der Waals surface area (Å²) in [5.74, 6) is -0.216. The number of benzene rings is 1. The van der Waals surface area contributed by atoms with E-state index in [1.54, 1.807) is 6.20 Å². The average Bonchev–Trinajstić information content (AvgIpc) is 2.90. The second kappa shape index (κ2) is 6.33. The van der Waals surface area contributed by atoms with E-state index in [1.165, 1.54) is 18.2 Å². The van der Waals surface area contributed by atoms with Crippen LogP contribution in [0.15, 0.2) is 36.7 Å². The van der Waals surface area contributed by atoms with E-state index < -0.39 is 0 Å². The topological polar surface area (TPSA) is 50.1 Å². The number of nitrogens with zero attached hydrogens (tertiary/aromatic N) is 2. The van der Waals surface area contributed by atoms with Crippen LogP contribution in [0.2, 0.25) is 0 Å². The molecule has 5 heteroatoms. The van der Waals surface area contributed by atoms with E-state index in [2.05, 4.69) is 10.4 Å². The number of nitrogens with one attached hydrogen (secondary N) is 1. The summed E-state index contributed by atoms with van der Waals surface area (Å²) in [5.41, 5.74) is 0.582. The van der Waals surface area contributed by atoms with Crippen molar-refractivity contribution in [2.24, 2.45) is 0 Å². The molecule has 102 valence electrons. The van der Waals surface area contributed by atoms with Crippen LogP contribution in [0.5, 0.6) is 5.75 Å². The molecule has 0 aliphatic heterocycles. The molecule has 0 aliphatic carbocycles.